The number of anilines is 1. The highest BCUT2D eigenvalue weighted by molar-refractivity contribution is 14.1. The van der Waals surface area contributed by atoms with Crippen molar-refractivity contribution in [3.8, 4) is 0 Å². The molecule has 1 heterocycles. The minimum atomic E-state index is 0.795. The van der Waals surface area contributed by atoms with Crippen molar-refractivity contribution in [1.82, 2.24) is 9.80 Å². The number of nitrogens with zero attached hydrogens (tertiary/aromatic N) is 2. The fraction of sp³-hybridized carbons (Fsp3) is 0.538. The van der Waals surface area contributed by atoms with Crippen LogP contribution in [0.4, 0.5) is 5.69 Å². The highest BCUT2D eigenvalue weighted by Crippen LogP contribution is 2.21. The van der Waals surface area contributed by atoms with Gasteiger partial charge < -0.3 is 10.2 Å². The lowest BCUT2D eigenvalue weighted by atomic mass is 10.3. The van der Waals surface area contributed by atoms with E-state index in [1.165, 1.54) is 35.4 Å². The molecule has 1 aromatic rings. The number of likely N-dealkylation sites (N-methyl/N-ethyl adjacent to an activating group) is 1. The van der Waals surface area contributed by atoms with E-state index in [0.29, 0.717) is 0 Å². The highest BCUT2D eigenvalue weighted by atomic mass is 127. The molecular weight excluding hydrogens is 361 g/mol. The van der Waals surface area contributed by atoms with Gasteiger partial charge in [0.2, 0.25) is 0 Å². The molecule has 0 saturated carbocycles. The number of hydrogen-bond donors (Lipinski definition) is 1. The Labute approximate surface area is 128 Å². The summed E-state index contributed by atoms with van der Waals surface area (Å²) in [6.07, 6.45) is 0. The van der Waals surface area contributed by atoms with Crippen LogP contribution in [0, 0.1) is 3.57 Å². The molecule has 0 spiro atoms. The van der Waals surface area contributed by atoms with Crippen molar-refractivity contribution in [2.75, 3.05) is 51.6 Å². The standard InChI is InChI=1S/C13H19ClIN3/c1-17-6-8-18(9-7-17)5-4-16-13-3-2-11(14)10-12(13)15/h2-3,10,16H,4-9H2,1H3. The van der Waals surface area contributed by atoms with Crippen LogP contribution in [0.3, 0.4) is 0 Å². The monoisotopic (exact) mass is 379 g/mol. The summed E-state index contributed by atoms with van der Waals surface area (Å²) < 4.78 is 1.18. The molecule has 1 aliphatic heterocycles. The van der Waals surface area contributed by atoms with Crippen molar-refractivity contribution in [3.05, 3.63) is 26.8 Å². The second kappa shape index (κ2) is 6.93. The first-order valence-electron chi connectivity index (χ1n) is 6.25. The molecule has 1 aromatic carbocycles. The van der Waals surface area contributed by atoms with Crippen LogP contribution in [-0.4, -0.2) is 56.1 Å². The van der Waals surface area contributed by atoms with Crippen molar-refractivity contribution >= 4 is 39.9 Å². The molecule has 0 aromatic heterocycles. The van der Waals surface area contributed by atoms with Crippen molar-refractivity contribution in [1.29, 1.82) is 0 Å². The second-order valence-corrected chi connectivity index (χ2v) is 6.29. The van der Waals surface area contributed by atoms with E-state index in [1.807, 2.05) is 18.2 Å². The van der Waals surface area contributed by atoms with Crippen LogP contribution in [-0.2, 0) is 0 Å². The summed E-state index contributed by atoms with van der Waals surface area (Å²) in [5.41, 5.74) is 1.18. The lowest BCUT2D eigenvalue weighted by molar-refractivity contribution is 0.158. The molecule has 0 aliphatic carbocycles. The van der Waals surface area contributed by atoms with Gasteiger partial charge in [0.1, 0.15) is 0 Å². The van der Waals surface area contributed by atoms with E-state index in [4.69, 9.17) is 11.6 Å². The molecule has 3 nitrogen and oxygen atoms in total. The average Bonchev–Trinajstić information content (AvgIpc) is 2.34. The van der Waals surface area contributed by atoms with Gasteiger partial charge in [0.25, 0.3) is 0 Å². The molecule has 0 radical (unpaired) electrons. The Morgan fingerprint density at radius 2 is 2.00 bits per heavy atom. The molecule has 0 atom stereocenters. The van der Waals surface area contributed by atoms with Crippen LogP contribution < -0.4 is 5.32 Å². The molecule has 1 N–H and O–H groups in total. The minimum Gasteiger partial charge on any atom is -0.383 e. The summed E-state index contributed by atoms with van der Waals surface area (Å²) in [4.78, 5) is 4.89. The van der Waals surface area contributed by atoms with Crippen molar-refractivity contribution in [2.24, 2.45) is 0 Å². The molecule has 1 fully saturated rings. The Kier molecular flexibility index (Phi) is 5.54. The van der Waals surface area contributed by atoms with Gasteiger partial charge >= 0.3 is 0 Å². The lowest BCUT2D eigenvalue weighted by Crippen LogP contribution is -2.45. The largest absolute Gasteiger partial charge is 0.383 e. The van der Waals surface area contributed by atoms with Crippen LogP contribution in [0.5, 0.6) is 0 Å². The number of rotatable bonds is 4. The Morgan fingerprint density at radius 1 is 1.28 bits per heavy atom. The third-order valence-corrected chi connectivity index (χ3v) is 4.40. The van der Waals surface area contributed by atoms with Crippen LogP contribution in [0.1, 0.15) is 0 Å². The molecule has 100 valence electrons. The van der Waals surface area contributed by atoms with E-state index in [2.05, 4.69) is 44.8 Å². The molecule has 0 bridgehead atoms. The maximum Gasteiger partial charge on any atom is 0.0477 e. The van der Waals surface area contributed by atoms with Gasteiger partial charge in [-0.25, -0.2) is 0 Å². The topological polar surface area (TPSA) is 18.5 Å². The van der Waals surface area contributed by atoms with Crippen LogP contribution in [0.15, 0.2) is 18.2 Å². The number of benzene rings is 1. The molecule has 2 rings (SSSR count). The normalized spacial score (nSPS) is 17.9. The zero-order chi connectivity index (χ0) is 13.0. The van der Waals surface area contributed by atoms with Gasteiger partial charge in [-0.05, 0) is 47.8 Å². The van der Waals surface area contributed by atoms with Gasteiger partial charge in [0.15, 0.2) is 0 Å². The first-order valence-corrected chi connectivity index (χ1v) is 7.70. The number of piperazine rings is 1. The van der Waals surface area contributed by atoms with Crippen LogP contribution in [0.2, 0.25) is 5.02 Å². The van der Waals surface area contributed by atoms with Gasteiger partial charge in [-0.2, -0.15) is 0 Å². The van der Waals surface area contributed by atoms with Gasteiger partial charge in [-0.1, -0.05) is 11.6 Å². The molecule has 0 amide bonds. The summed E-state index contributed by atoms with van der Waals surface area (Å²) in [6, 6.07) is 5.97. The van der Waals surface area contributed by atoms with Crippen molar-refractivity contribution in [3.63, 3.8) is 0 Å². The summed E-state index contributed by atoms with van der Waals surface area (Å²) in [6.45, 7) is 6.80. The fourth-order valence-electron chi connectivity index (χ4n) is 2.05. The Balaban J connectivity index is 1.75. The predicted octanol–water partition coefficient (Wildman–Crippen LogP) is 2.60. The maximum atomic E-state index is 5.94. The van der Waals surface area contributed by atoms with E-state index in [0.717, 1.165) is 18.1 Å². The van der Waals surface area contributed by atoms with Crippen molar-refractivity contribution < 1.29 is 0 Å². The summed E-state index contributed by atoms with van der Waals surface area (Å²) in [7, 11) is 2.19. The second-order valence-electron chi connectivity index (χ2n) is 4.70. The third kappa shape index (κ3) is 4.26. The van der Waals surface area contributed by atoms with Gasteiger partial charge in [-0.15, -0.1) is 0 Å². The smallest absolute Gasteiger partial charge is 0.0477 e. The molecule has 0 unspecified atom stereocenters. The zero-order valence-corrected chi connectivity index (χ0v) is 13.5. The van der Waals surface area contributed by atoms with Crippen molar-refractivity contribution in [2.45, 2.75) is 0 Å². The average molecular weight is 380 g/mol. The quantitative estimate of drug-likeness (QED) is 0.811. The fourth-order valence-corrected chi connectivity index (χ4v) is 3.12. The first kappa shape index (κ1) is 14.4. The predicted molar refractivity (Wildman–Crippen MR) is 86.6 cm³/mol. The molecular formula is C13H19ClIN3. The van der Waals surface area contributed by atoms with Crippen LogP contribution in [0.25, 0.3) is 0 Å². The van der Waals surface area contributed by atoms with E-state index < -0.39 is 0 Å². The highest BCUT2D eigenvalue weighted by Gasteiger charge is 2.12. The van der Waals surface area contributed by atoms with E-state index >= 15 is 0 Å². The third-order valence-electron chi connectivity index (χ3n) is 3.27. The van der Waals surface area contributed by atoms with Crippen LogP contribution >= 0.6 is 34.2 Å². The Hall–Kier alpha value is -0.0400. The maximum absolute atomic E-state index is 5.94. The van der Waals surface area contributed by atoms with Gasteiger partial charge in [0.05, 0.1) is 0 Å². The number of nitrogens with one attached hydrogen (secondary N) is 1. The van der Waals surface area contributed by atoms with E-state index in [9.17, 15) is 0 Å². The molecule has 5 heteroatoms. The van der Waals surface area contributed by atoms with Gasteiger partial charge in [-0.3, -0.25) is 4.90 Å². The number of hydrogen-bond acceptors (Lipinski definition) is 3. The SMILES string of the molecule is CN1CCN(CCNc2ccc(Cl)cc2I)CC1. The summed E-state index contributed by atoms with van der Waals surface area (Å²) >= 11 is 8.26. The molecule has 18 heavy (non-hydrogen) atoms. The Morgan fingerprint density at radius 3 is 2.67 bits per heavy atom. The summed E-state index contributed by atoms with van der Waals surface area (Å²) in [5.74, 6) is 0. The Bertz CT molecular complexity index is 392. The van der Waals surface area contributed by atoms with Gasteiger partial charge in [0, 0.05) is 53.5 Å². The number of halogens is 2. The minimum absolute atomic E-state index is 0.795. The lowest BCUT2D eigenvalue weighted by Gasteiger charge is -2.32. The molecule has 1 aliphatic rings. The molecule has 1 saturated heterocycles. The first-order chi connectivity index (χ1) is 8.65. The van der Waals surface area contributed by atoms with E-state index in [1.54, 1.807) is 0 Å². The summed E-state index contributed by atoms with van der Waals surface area (Å²) in [5, 5.41) is 4.27. The van der Waals surface area contributed by atoms with E-state index in [-0.39, 0.29) is 0 Å². The zero-order valence-electron chi connectivity index (χ0n) is 10.6.